The van der Waals surface area contributed by atoms with Crippen molar-refractivity contribution in [3.05, 3.63) is 18.3 Å². The van der Waals surface area contributed by atoms with Gasteiger partial charge in [-0.2, -0.15) is 5.10 Å². The Morgan fingerprint density at radius 2 is 2.29 bits per heavy atom. The molecule has 0 bridgehead atoms. The summed E-state index contributed by atoms with van der Waals surface area (Å²) in [6, 6.07) is 3.59. The average molecular weight is 291 g/mol. The van der Waals surface area contributed by atoms with E-state index < -0.39 is 6.04 Å². The molecule has 1 fully saturated rings. The number of hydrogen-bond acceptors (Lipinski definition) is 5. The number of likely N-dealkylation sites (N-methyl/N-ethyl adjacent to an activating group) is 1. The third kappa shape index (κ3) is 3.69. The monoisotopic (exact) mass is 291 g/mol. The minimum absolute atomic E-state index is 0.0241. The molecule has 2 rings (SSSR count). The van der Waals surface area contributed by atoms with E-state index in [0.29, 0.717) is 0 Å². The molecule has 1 saturated heterocycles. The minimum atomic E-state index is -0.429. The molecule has 1 aromatic rings. The summed E-state index contributed by atoms with van der Waals surface area (Å²) >= 11 is 0. The van der Waals surface area contributed by atoms with Crippen LogP contribution in [0.4, 0.5) is 5.82 Å². The summed E-state index contributed by atoms with van der Waals surface area (Å²) in [7, 11) is 1.86. The van der Waals surface area contributed by atoms with Crippen molar-refractivity contribution in [2.24, 2.45) is 11.7 Å². The van der Waals surface area contributed by atoms with E-state index in [1.54, 1.807) is 6.20 Å². The van der Waals surface area contributed by atoms with Crippen molar-refractivity contribution >= 4 is 11.7 Å². The molecule has 0 radical (unpaired) electrons. The molecule has 0 saturated carbocycles. The fourth-order valence-electron chi connectivity index (χ4n) is 2.64. The van der Waals surface area contributed by atoms with Crippen LogP contribution < -0.4 is 10.6 Å². The molecular formula is C15H25N5O. The SMILES string of the molecule is CC(C)[C@H](N)C(=O)N(C)C1CCCN(c2cccnn2)C1. The molecule has 2 N–H and O–H groups in total. The lowest BCUT2D eigenvalue weighted by Crippen LogP contribution is -2.54. The first-order valence-corrected chi connectivity index (χ1v) is 7.55. The molecule has 0 spiro atoms. The van der Waals surface area contributed by atoms with Crippen LogP contribution in [0.25, 0.3) is 0 Å². The molecule has 1 unspecified atom stereocenters. The number of carbonyl (C=O) groups is 1. The van der Waals surface area contributed by atoms with Gasteiger partial charge in [0.25, 0.3) is 0 Å². The number of hydrogen-bond donors (Lipinski definition) is 1. The van der Waals surface area contributed by atoms with E-state index in [9.17, 15) is 4.79 Å². The molecule has 2 atom stereocenters. The molecule has 0 aliphatic carbocycles. The lowest BCUT2D eigenvalue weighted by Gasteiger charge is -2.39. The Morgan fingerprint density at radius 1 is 1.52 bits per heavy atom. The molecular weight excluding hydrogens is 266 g/mol. The van der Waals surface area contributed by atoms with Crippen LogP contribution in [0.3, 0.4) is 0 Å². The van der Waals surface area contributed by atoms with E-state index in [-0.39, 0.29) is 17.9 Å². The van der Waals surface area contributed by atoms with E-state index in [1.807, 2.05) is 37.9 Å². The Hall–Kier alpha value is -1.69. The molecule has 1 aromatic heterocycles. The number of aromatic nitrogens is 2. The molecule has 6 nitrogen and oxygen atoms in total. The van der Waals surface area contributed by atoms with Crippen molar-refractivity contribution < 1.29 is 4.79 Å². The summed E-state index contributed by atoms with van der Waals surface area (Å²) in [5.74, 6) is 1.05. The van der Waals surface area contributed by atoms with Crippen LogP contribution in [0.1, 0.15) is 26.7 Å². The Labute approximate surface area is 126 Å². The Balaban J connectivity index is 2.02. The highest BCUT2D eigenvalue weighted by Gasteiger charge is 2.30. The summed E-state index contributed by atoms with van der Waals surface area (Å²) in [6.07, 6.45) is 3.71. The molecule has 1 aliphatic heterocycles. The second kappa shape index (κ2) is 6.85. The van der Waals surface area contributed by atoms with Crippen LogP contribution in [-0.2, 0) is 4.79 Å². The number of carbonyl (C=O) groups excluding carboxylic acids is 1. The fraction of sp³-hybridized carbons (Fsp3) is 0.667. The Kier molecular flexibility index (Phi) is 5.12. The van der Waals surface area contributed by atoms with E-state index in [0.717, 1.165) is 31.7 Å². The lowest BCUT2D eigenvalue weighted by atomic mass is 10.0. The quantitative estimate of drug-likeness (QED) is 0.891. The maximum Gasteiger partial charge on any atom is 0.239 e. The summed E-state index contributed by atoms with van der Waals surface area (Å²) in [4.78, 5) is 16.4. The third-order valence-corrected chi connectivity index (χ3v) is 4.18. The molecule has 116 valence electrons. The van der Waals surface area contributed by atoms with Crippen LogP contribution in [0.2, 0.25) is 0 Å². The lowest BCUT2D eigenvalue weighted by molar-refractivity contribution is -0.134. The van der Waals surface area contributed by atoms with Gasteiger partial charge in [0.1, 0.15) is 0 Å². The number of rotatable bonds is 4. The highest BCUT2D eigenvalue weighted by Crippen LogP contribution is 2.20. The van der Waals surface area contributed by atoms with E-state index in [1.165, 1.54) is 0 Å². The second-order valence-electron chi connectivity index (χ2n) is 6.04. The zero-order valence-electron chi connectivity index (χ0n) is 13.1. The first kappa shape index (κ1) is 15.7. The predicted molar refractivity (Wildman–Crippen MR) is 82.9 cm³/mol. The number of piperidine rings is 1. The van der Waals surface area contributed by atoms with Crippen molar-refractivity contribution in [3.8, 4) is 0 Å². The van der Waals surface area contributed by atoms with Gasteiger partial charge < -0.3 is 15.5 Å². The van der Waals surface area contributed by atoms with E-state index in [4.69, 9.17) is 5.73 Å². The number of nitrogens with zero attached hydrogens (tertiary/aromatic N) is 4. The van der Waals surface area contributed by atoms with E-state index in [2.05, 4.69) is 15.1 Å². The van der Waals surface area contributed by atoms with Crippen molar-refractivity contribution in [1.29, 1.82) is 0 Å². The largest absolute Gasteiger partial charge is 0.353 e. The summed E-state index contributed by atoms with van der Waals surface area (Å²) in [5, 5.41) is 8.08. The van der Waals surface area contributed by atoms with Crippen LogP contribution in [0, 0.1) is 5.92 Å². The van der Waals surface area contributed by atoms with Gasteiger partial charge in [0, 0.05) is 32.4 Å². The Bertz CT molecular complexity index is 464. The van der Waals surface area contributed by atoms with Gasteiger partial charge in [-0.3, -0.25) is 4.79 Å². The second-order valence-corrected chi connectivity index (χ2v) is 6.04. The molecule has 1 aliphatic rings. The normalized spacial score (nSPS) is 20.4. The van der Waals surface area contributed by atoms with Crippen LogP contribution in [0.5, 0.6) is 0 Å². The number of anilines is 1. The minimum Gasteiger partial charge on any atom is -0.353 e. The van der Waals surface area contributed by atoms with Gasteiger partial charge in [-0.1, -0.05) is 13.8 Å². The van der Waals surface area contributed by atoms with Crippen molar-refractivity contribution in [1.82, 2.24) is 15.1 Å². The first-order valence-electron chi connectivity index (χ1n) is 7.55. The average Bonchev–Trinajstić information content (AvgIpc) is 2.53. The highest BCUT2D eigenvalue weighted by atomic mass is 16.2. The van der Waals surface area contributed by atoms with Crippen LogP contribution in [-0.4, -0.2) is 53.2 Å². The van der Waals surface area contributed by atoms with Gasteiger partial charge in [-0.15, -0.1) is 5.10 Å². The van der Waals surface area contributed by atoms with Crippen molar-refractivity contribution in [2.75, 3.05) is 25.0 Å². The predicted octanol–water partition coefficient (Wildman–Crippen LogP) is 0.887. The topological polar surface area (TPSA) is 75.4 Å². The zero-order chi connectivity index (χ0) is 15.4. The maximum atomic E-state index is 12.4. The molecule has 2 heterocycles. The van der Waals surface area contributed by atoms with Gasteiger partial charge in [0.15, 0.2) is 5.82 Å². The van der Waals surface area contributed by atoms with Crippen LogP contribution >= 0.6 is 0 Å². The first-order chi connectivity index (χ1) is 10.0. The summed E-state index contributed by atoms with van der Waals surface area (Å²) in [6.45, 7) is 5.69. The number of amides is 1. The van der Waals surface area contributed by atoms with Gasteiger partial charge >= 0.3 is 0 Å². The van der Waals surface area contributed by atoms with E-state index >= 15 is 0 Å². The molecule has 0 aromatic carbocycles. The Morgan fingerprint density at radius 3 is 2.90 bits per heavy atom. The number of nitrogens with two attached hydrogens (primary N) is 1. The van der Waals surface area contributed by atoms with Crippen molar-refractivity contribution in [3.63, 3.8) is 0 Å². The van der Waals surface area contributed by atoms with Gasteiger partial charge in [0.05, 0.1) is 6.04 Å². The van der Waals surface area contributed by atoms with Crippen LogP contribution in [0.15, 0.2) is 18.3 Å². The standard InChI is InChI=1S/C15H25N5O/c1-11(2)14(16)15(21)19(3)12-6-5-9-20(10-12)13-7-4-8-17-18-13/h4,7-8,11-12,14H,5-6,9-10,16H2,1-3H3/t12?,14-/m0/s1. The van der Waals surface area contributed by atoms with Gasteiger partial charge in [0.2, 0.25) is 5.91 Å². The maximum absolute atomic E-state index is 12.4. The summed E-state index contributed by atoms with van der Waals surface area (Å²) in [5.41, 5.74) is 5.99. The third-order valence-electron chi connectivity index (χ3n) is 4.18. The van der Waals surface area contributed by atoms with Gasteiger partial charge in [-0.05, 0) is 30.9 Å². The molecule has 21 heavy (non-hydrogen) atoms. The summed E-state index contributed by atoms with van der Waals surface area (Å²) < 4.78 is 0. The fourth-order valence-corrected chi connectivity index (χ4v) is 2.64. The highest BCUT2D eigenvalue weighted by molar-refractivity contribution is 5.82. The zero-order valence-corrected chi connectivity index (χ0v) is 13.1. The molecule has 1 amide bonds. The van der Waals surface area contributed by atoms with Crippen molar-refractivity contribution in [2.45, 2.75) is 38.8 Å². The molecule has 6 heteroatoms. The smallest absolute Gasteiger partial charge is 0.239 e. The van der Waals surface area contributed by atoms with Gasteiger partial charge in [-0.25, -0.2) is 0 Å².